The molecule has 0 N–H and O–H groups in total. The number of carbonyl (C=O) groups excluding carboxylic acids is 2. The van der Waals surface area contributed by atoms with Gasteiger partial charge in [0, 0.05) is 39.2 Å². The van der Waals surface area contributed by atoms with Crippen LogP contribution in [0.2, 0.25) is 0 Å². The van der Waals surface area contributed by atoms with E-state index in [2.05, 4.69) is 13.8 Å². The van der Waals surface area contributed by atoms with Gasteiger partial charge in [0.25, 0.3) is 0 Å². The number of methoxy groups -OCH3 is 1. The highest BCUT2D eigenvalue weighted by Gasteiger charge is 2.36. The summed E-state index contributed by atoms with van der Waals surface area (Å²) in [7, 11) is 1.55. The van der Waals surface area contributed by atoms with E-state index in [0.717, 1.165) is 32.5 Å². The van der Waals surface area contributed by atoms with Crippen LogP contribution < -0.4 is 0 Å². The Kier molecular flexibility index (Phi) is 5.02. The molecule has 2 aliphatic rings. The average Bonchev–Trinajstić information content (AvgIpc) is 2.56. The van der Waals surface area contributed by atoms with E-state index < -0.39 is 0 Å². The molecule has 5 heteroatoms. The highest BCUT2D eigenvalue weighted by Crippen LogP contribution is 2.32. The van der Waals surface area contributed by atoms with Crippen molar-refractivity contribution < 1.29 is 14.3 Å². The van der Waals surface area contributed by atoms with Crippen LogP contribution >= 0.6 is 0 Å². The van der Waals surface area contributed by atoms with Gasteiger partial charge in [0.15, 0.2) is 0 Å². The molecule has 0 aromatic heterocycles. The lowest BCUT2D eigenvalue weighted by Gasteiger charge is -2.37. The van der Waals surface area contributed by atoms with Gasteiger partial charge in [-0.1, -0.05) is 0 Å². The van der Waals surface area contributed by atoms with Crippen LogP contribution in [0.3, 0.4) is 0 Å². The van der Waals surface area contributed by atoms with E-state index in [1.807, 2.05) is 9.80 Å². The molecule has 0 bridgehead atoms. The number of hydrogen-bond donors (Lipinski definition) is 0. The normalized spacial score (nSPS) is 27.5. The van der Waals surface area contributed by atoms with Crippen molar-refractivity contribution in [3.8, 4) is 0 Å². The van der Waals surface area contributed by atoms with Gasteiger partial charge < -0.3 is 14.5 Å². The molecule has 0 aliphatic carbocycles. The largest absolute Gasteiger partial charge is 0.375 e. The van der Waals surface area contributed by atoms with E-state index >= 15 is 0 Å². The highest BCUT2D eigenvalue weighted by atomic mass is 16.5. The number of rotatable bonds is 3. The fourth-order valence-corrected chi connectivity index (χ4v) is 3.44. The summed E-state index contributed by atoms with van der Waals surface area (Å²) in [5.74, 6) is 1.25. The molecule has 2 saturated heterocycles. The first-order valence-corrected chi connectivity index (χ1v) is 7.59. The first-order chi connectivity index (χ1) is 9.52. The topological polar surface area (TPSA) is 49.9 Å². The number of hydrogen-bond acceptors (Lipinski definition) is 3. The SMILES string of the molecule is COCC(=O)N1CCC2CC(=O)N(C(C)C)CCC2C1. The lowest BCUT2D eigenvalue weighted by molar-refractivity contribution is -0.138. The van der Waals surface area contributed by atoms with Crippen molar-refractivity contribution in [2.75, 3.05) is 33.4 Å². The van der Waals surface area contributed by atoms with Crippen LogP contribution in [0.25, 0.3) is 0 Å². The monoisotopic (exact) mass is 282 g/mol. The van der Waals surface area contributed by atoms with E-state index in [1.165, 1.54) is 0 Å². The standard InChI is InChI=1S/C15H26N2O3/c1-11(2)17-7-5-13-9-16(15(19)10-20-3)6-4-12(13)8-14(17)18/h11-13H,4-10H2,1-3H3. The molecule has 114 valence electrons. The predicted molar refractivity (Wildman–Crippen MR) is 76.1 cm³/mol. The Balaban J connectivity index is 1.99. The molecule has 2 unspecified atom stereocenters. The minimum Gasteiger partial charge on any atom is -0.375 e. The van der Waals surface area contributed by atoms with E-state index in [9.17, 15) is 9.59 Å². The van der Waals surface area contributed by atoms with Gasteiger partial charge in [-0.25, -0.2) is 0 Å². The summed E-state index contributed by atoms with van der Waals surface area (Å²) in [5.41, 5.74) is 0. The Morgan fingerprint density at radius 2 is 2.00 bits per heavy atom. The Labute approximate surface area is 121 Å². The Bertz CT molecular complexity index is 370. The molecule has 2 fully saturated rings. The second-order valence-corrected chi connectivity index (χ2v) is 6.26. The smallest absolute Gasteiger partial charge is 0.248 e. The molecule has 2 heterocycles. The molecule has 2 aliphatic heterocycles. The molecule has 2 amide bonds. The number of fused-ring (bicyclic) bond motifs is 1. The van der Waals surface area contributed by atoms with Gasteiger partial charge >= 0.3 is 0 Å². The van der Waals surface area contributed by atoms with Gasteiger partial charge in [0.2, 0.25) is 11.8 Å². The molecule has 0 spiro atoms. The van der Waals surface area contributed by atoms with Crippen molar-refractivity contribution in [3.05, 3.63) is 0 Å². The predicted octanol–water partition coefficient (Wildman–Crippen LogP) is 1.13. The second kappa shape index (κ2) is 6.57. The van der Waals surface area contributed by atoms with Crippen LogP contribution in [-0.2, 0) is 14.3 Å². The summed E-state index contributed by atoms with van der Waals surface area (Å²) in [6.45, 7) is 6.67. The number of nitrogens with zero attached hydrogens (tertiary/aromatic N) is 2. The van der Waals surface area contributed by atoms with Gasteiger partial charge in [-0.3, -0.25) is 9.59 Å². The van der Waals surface area contributed by atoms with Crippen LogP contribution in [0.1, 0.15) is 33.1 Å². The van der Waals surface area contributed by atoms with Crippen molar-refractivity contribution in [2.24, 2.45) is 11.8 Å². The van der Waals surface area contributed by atoms with Gasteiger partial charge in [-0.15, -0.1) is 0 Å². The molecule has 0 aromatic carbocycles. The molecule has 0 aromatic rings. The first kappa shape index (κ1) is 15.3. The third-order valence-corrected chi connectivity index (χ3v) is 4.63. The zero-order valence-electron chi connectivity index (χ0n) is 12.8. The van der Waals surface area contributed by atoms with Crippen LogP contribution in [0.4, 0.5) is 0 Å². The first-order valence-electron chi connectivity index (χ1n) is 7.59. The Hall–Kier alpha value is -1.10. The molecule has 2 atom stereocenters. The van der Waals surface area contributed by atoms with Gasteiger partial charge in [0.05, 0.1) is 0 Å². The molecule has 20 heavy (non-hydrogen) atoms. The summed E-state index contributed by atoms with van der Waals surface area (Å²) in [5, 5.41) is 0. The van der Waals surface area contributed by atoms with E-state index in [-0.39, 0.29) is 24.5 Å². The maximum absolute atomic E-state index is 12.3. The zero-order chi connectivity index (χ0) is 14.7. The van der Waals surface area contributed by atoms with Gasteiger partial charge in [-0.2, -0.15) is 0 Å². The average molecular weight is 282 g/mol. The molecule has 0 saturated carbocycles. The number of likely N-dealkylation sites (tertiary alicyclic amines) is 2. The van der Waals surface area contributed by atoms with Gasteiger partial charge in [-0.05, 0) is 38.5 Å². The summed E-state index contributed by atoms with van der Waals surface area (Å²) in [4.78, 5) is 28.1. The maximum atomic E-state index is 12.3. The minimum absolute atomic E-state index is 0.0715. The fraction of sp³-hybridized carbons (Fsp3) is 0.867. The van der Waals surface area contributed by atoms with Crippen molar-refractivity contribution in [2.45, 2.75) is 39.2 Å². The van der Waals surface area contributed by atoms with E-state index in [4.69, 9.17) is 4.74 Å². The van der Waals surface area contributed by atoms with Crippen LogP contribution in [0.15, 0.2) is 0 Å². The number of carbonyl (C=O) groups is 2. The van der Waals surface area contributed by atoms with Crippen molar-refractivity contribution in [3.63, 3.8) is 0 Å². The Morgan fingerprint density at radius 3 is 2.65 bits per heavy atom. The van der Waals surface area contributed by atoms with Crippen molar-refractivity contribution in [1.29, 1.82) is 0 Å². The molecular formula is C15H26N2O3. The van der Waals surface area contributed by atoms with Crippen LogP contribution in [0.5, 0.6) is 0 Å². The van der Waals surface area contributed by atoms with Crippen molar-refractivity contribution >= 4 is 11.8 Å². The summed E-state index contributed by atoms with van der Waals surface area (Å²) in [6, 6.07) is 0.272. The lowest BCUT2D eigenvalue weighted by Crippen LogP contribution is -2.45. The highest BCUT2D eigenvalue weighted by molar-refractivity contribution is 5.78. The zero-order valence-corrected chi connectivity index (χ0v) is 12.8. The second-order valence-electron chi connectivity index (χ2n) is 6.26. The summed E-state index contributed by atoms with van der Waals surface area (Å²) in [6.07, 6.45) is 2.60. The van der Waals surface area contributed by atoms with Crippen LogP contribution in [-0.4, -0.2) is 61.0 Å². The van der Waals surface area contributed by atoms with Crippen molar-refractivity contribution in [1.82, 2.24) is 9.80 Å². The minimum atomic E-state index is 0.0715. The maximum Gasteiger partial charge on any atom is 0.248 e. The summed E-state index contributed by atoms with van der Waals surface area (Å²) >= 11 is 0. The molecular weight excluding hydrogens is 256 g/mol. The van der Waals surface area contributed by atoms with E-state index in [0.29, 0.717) is 18.3 Å². The molecule has 5 nitrogen and oxygen atoms in total. The van der Waals surface area contributed by atoms with Gasteiger partial charge in [0.1, 0.15) is 6.61 Å². The fourth-order valence-electron chi connectivity index (χ4n) is 3.44. The quantitative estimate of drug-likeness (QED) is 0.779. The number of ether oxygens (including phenoxy) is 1. The lowest BCUT2D eigenvalue weighted by atomic mass is 9.82. The number of amides is 2. The summed E-state index contributed by atoms with van der Waals surface area (Å²) < 4.78 is 4.93. The van der Waals surface area contributed by atoms with Crippen LogP contribution in [0, 0.1) is 11.8 Å². The number of piperidine rings is 1. The third-order valence-electron chi connectivity index (χ3n) is 4.63. The third kappa shape index (κ3) is 3.32. The molecule has 0 radical (unpaired) electrons. The molecule has 2 rings (SSSR count). The Morgan fingerprint density at radius 1 is 1.30 bits per heavy atom. The van der Waals surface area contributed by atoms with E-state index in [1.54, 1.807) is 7.11 Å².